The van der Waals surface area contributed by atoms with Gasteiger partial charge < -0.3 is 10.6 Å². The van der Waals surface area contributed by atoms with Crippen molar-refractivity contribution in [3.8, 4) is 0 Å². The standard InChI is InChI=1S/C28H28N2O4S3/c1-36(31,32)27-15-11-25(12-16-27)29-23-7-3-21(4-8-23)19-35-20-22-5-9-24(10-6-22)30-26-13-17-28(18-14-26)37(2,33)34/h3-18,29-30H,19-20H2,1-2H3. The highest BCUT2D eigenvalue weighted by Gasteiger charge is 2.07. The summed E-state index contributed by atoms with van der Waals surface area (Å²) in [6.07, 6.45) is 2.40. The molecule has 0 bridgehead atoms. The van der Waals surface area contributed by atoms with Crippen molar-refractivity contribution in [3.05, 3.63) is 108 Å². The molecule has 192 valence electrons. The van der Waals surface area contributed by atoms with E-state index in [1.165, 1.54) is 23.6 Å². The highest BCUT2D eigenvalue weighted by molar-refractivity contribution is 7.97. The molecule has 4 rings (SSSR count). The van der Waals surface area contributed by atoms with Gasteiger partial charge in [0, 0.05) is 46.8 Å². The molecule has 0 fully saturated rings. The van der Waals surface area contributed by atoms with Crippen LogP contribution in [-0.4, -0.2) is 29.3 Å². The van der Waals surface area contributed by atoms with Crippen LogP contribution in [0.1, 0.15) is 11.1 Å². The molecule has 6 nitrogen and oxygen atoms in total. The van der Waals surface area contributed by atoms with Gasteiger partial charge in [-0.2, -0.15) is 11.8 Å². The largest absolute Gasteiger partial charge is 0.356 e. The average Bonchev–Trinajstić information content (AvgIpc) is 2.86. The van der Waals surface area contributed by atoms with Crippen LogP contribution in [0.15, 0.2) is 107 Å². The van der Waals surface area contributed by atoms with E-state index >= 15 is 0 Å². The van der Waals surface area contributed by atoms with Crippen LogP contribution in [-0.2, 0) is 31.2 Å². The SMILES string of the molecule is CS(=O)(=O)c1ccc(Nc2ccc(CSCc3ccc(Nc4ccc(S(C)(=O)=O)cc4)cc3)cc2)cc1. The van der Waals surface area contributed by atoms with Gasteiger partial charge in [-0.25, -0.2) is 16.8 Å². The topological polar surface area (TPSA) is 92.3 Å². The van der Waals surface area contributed by atoms with E-state index < -0.39 is 19.7 Å². The third-order valence-corrected chi connectivity index (χ3v) is 8.92. The molecular weight excluding hydrogens is 525 g/mol. The maximum absolute atomic E-state index is 11.6. The number of nitrogens with one attached hydrogen (secondary N) is 2. The van der Waals surface area contributed by atoms with E-state index in [1.54, 1.807) is 48.5 Å². The van der Waals surface area contributed by atoms with Crippen LogP contribution in [0.25, 0.3) is 0 Å². The minimum Gasteiger partial charge on any atom is -0.356 e. The number of hydrogen-bond acceptors (Lipinski definition) is 7. The molecule has 0 aliphatic carbocycles. The Balaban J connectivity index is 1.24. The summed E-state index contributed by atoms with van der Waals surface area (Å²) in [5.41, 5.74) is 5.99. The van der Waals surface area contributed by atoms with Gasteiger partial charge in [-0.15, -0.1) is 0 Å². The van der Waals surface area contributed by atoms with Gasteiger partial charge in [-0.1, -0.05) is 24.3 Å². The predicted octanol–water partition coefficient (Wildman–Crippen LogP) is 6.41. The molecule has 0 aliphatic rings. The van der Waals surface area contributed by atoms with Crippen LogP contribution in [0, 0.1) is 0 Å². The van der Waals surface area contributed by atoms with Gasteiger partial charge in [0.1, 0.15) is 0 Å². The van der Waals surface area contributed by atoms with Gasteiger partial charge in [0.05, 0.1) is 9.79 Å². The first-order valence-electron chi connectivity index (χ1n) is 11.5. The highest BCUT2D eigenvalue weighted by atomic mass is 32.2. The molecule has 4 aromatic carbocycles. The average molecular weight is 553 g/mol. The van der Waals surface area contributed by atoms with Gasteiger partial charge in [0.2, 0.25) is 0 Å². The first-order chi connectivity index (χ1) is 17.6. The molecule has 0 radical (unpaired) electrons. The van der Waals surface area contributed by atoms with E-state index in [0.29, 0.717) is 9.79 Å². The number of hydrogen-bond donors (Lipinski definition) is 2. The summed E-state index contributed by atoms with van der Waals surface area (Å²) >= 11 is 1.83. The molecule has 0 saturated heterocycles. The second-order valence-electron chi connectivity index (χ2n) is 8.73. The van der Waals surface area contributed by atoms with Crippen LogP contribution in [0.3, 0.4) is 0 Å². The maximum Gasteiger partial charge on any atom is 0.175 e. The van der Waals surface area contributed by atoms with E-state index in [-0.39, 0.29) is 0 Å². The Kier molecular flexibility index (Phi) is 8.26. The summed E-state index contributed by atoms with van der Waals surface area (Å²) < 4.78 is 46.4. The highest BCUT2D eigenvalue weighted by Crippen LogP contribution is 2.24. The van der Waals surface area contributed by atoms with E-state index in [4.69, 9.17) is 0 Å². The van der Waals surface area contributed by atoms with E-state index in [1.807, 2.05) is 36.0 Å². The fraction of sp³-hybridized carbons (Fsp3) is 0.143. The quantitative estimate of drug-likeness (QED) is 0.235. The summed E-state index contributed by atoms with van der Waals surface area (Å²) in [6, 6.07) is 29.9. The number of rotatable bonds is 10. The van der Waals surface area contributed by atoms with E-state index in [0.717, 1.165) is 34.3 Å². The van der Waals surface area contributed by atoms with Gasteiger partial charge >= 0.3 is 0 Å². The first-order valence-corrected chi connectivity index (χ1v) is 16.4. The number of benzene rings is 4. The molecule has 37 heavy (non-hydrogen) atoms. The molecule has 0 saturated carbocycles. The van der Waals surface area contributed by atoms with Crippen molar-refractivity contribution in [3.63, 3.8) is 0 Å². The second-order valence-corrected chi connectivity index (χ2v) is 13.7. The Morgan fingerprint density at radius 3 is 1.03 bits per heavy atom. The third kappa shape index (κ3) is 7.85. The van der Waals surface area contributed by atoms with Crippen LogP contribution in [0.5, 0.6) is 0 Å². The molecule has 9 heteroatoms. The number of sulfone groups is 2. The Labute approximate surface area is 223 Å². The first kappa shape index (κ1) is 26.8. The van der Waals surface area contributed by atoms with Crippen molar-refractivity contribution in [2.24, 2.45) is 0 Å². The normalized spacial score (nSPS) is 11.7. The Bertz CT molecular complexity index is 1430. The van der Waals surface area contributed by atoms with Crippen LogP contribution in [0.4, 0.5) is 22.7 Å². The monoisotopic (exact) mass is 552 g/mol. The molecule has 2 N–H and O–H groups in total. The molecule has 0 unspecified atom stereocenters. The van der Waals surface area contributed by atoms with Gasteiger partial charge in [0.15, 0.2) is 19.7 Å². The molecule has 0 aromatic heterocycles. The van der Waals surface area contributed by atoms with Gasteiger partial charge in [-0.05, 0) is 83.9 Å². The lowest BCUT2D eigenvalue weighted by Crippen LogP contribution is -1.97. The fourth-order valence-corrected chi connectivity index (χ4v) is 5.78. The van der Waals surface area contributed by atoms with Gasteiger partial charge in [0.25, 0.3) is 0 Å². The molecule has 0 aliphatic heterocycles. The van der Waals surface area contributed by atoms with Crippen LogP contribution in [0.2, 0.25) is 0 Å². The van der Waals surface area contributed by atoms with Crippen molar-refractivity contribution in [2.75, 3.05) is 23.1 Å². The Morgan fingerprint density at radius 2 is 0.757 bits per heavy atom. The summed E-state index contributed by atoms with van der Waals surface area (Å²) in [5, 5.41) is 6.58. The summed E-state index contributed by atoms with van der Waals surface area (Å²) in [4.78, 5) is 0.607. The molecule has 0 atom stereocenters. The number of thioether (sulfide) groups is 1. The second kappa shape index (κ2) is 11.4. The lowest BCUT2D eigenvalue weighted by atomic mass is 10.2. The van der Waals surface area contributed by atoms with Crippen molar-refractivity contribution in [2.45, 2.75) is 21.3 Å². The van der Waals surface area contributed by atoms with E-state index in [2.05, 4.69) is 34.9 Å². The lowest BCUT2D eigenvalue weighted by Gasteiger charge is -2.09. The Morgan fingerprint density at radius 1 is 0.486 bits per heavy atom. The third-order valence-electron chi connectivity index (χ3n) is 5.59. The van der Waals surface area contributed by atoms with Crippen LogP contribution >= 0.6 is 11.8 Å². The van der Waals surface area contributed by atoms with Crippen LogP contribution < -0.4 is 10.6 Å². The van der Waals surface area contributed by atoms with Crippen molar-refractivity contribution in [1.82, 2.24) is 0 Å². The minimum atomic E-state index is -3.20. The zero-order valence-electron chi connectivity index (χ0n) is 20.5. The maximum atomic E-state index is 11.6. The Hall–Kier alpha value is -3.27. The minimum absolute atomic E-state index is 0.303. The van der Waals surface area contributed by atoms with Crippen molar-refractivity contribution >= 4 is 54.2 Å². The zero-order chi connectivity index (χ0) is 26.5. The van der Waals surface area contributed by atoms with E-state index in [9.17, 15) is 16.8 Å². The molecular formula is C28H28N2O4S3. The molecule has 4 aromatic rings. The van der Waals surface area contributed by atoms with Crippen molar-refractivity contribution < 1.29 is 16.8 Å². The number of anilines is 4. The predicted molar refractivity (Wildman–Crippen MR) is 154 cm³/mol. The smallest absolute Gasteiger partial charge is 0.175 e. The fourth-order valence-electron chi connectivity index (χ4n) is 3.56. The zero-order valence-corrected chi connectivity index (χ0v) is 23.0. The lowest BCUT2D eigenvalue weighted by molar-refractivity contribution is 0.600. The summed E-state index contributed by atoms with van der Waals surface area (Å²) in [7, 11) is -6.40. The molecule has 0 heterocycles. The summed E-state index contributed by atoms with van der Waals surface area (Å²) in [6.45, 7) is 0. The van der Waals surface area contributed by atoms with Crippen molar-refractivity contribution in [1.29, 1.82) is 0 Å². The molecule has 0 spiro atoms. The van der Waals surface area contributed by atoms with Gasteiger partial charge in [-0.3, -0.25) is 0 Å². The molecule has 0 amide bonds. The summed E-state index contributed by atoms with van der Waals surface area (Å²) in [5.74, 6) is 1.77.